The summed E-state index contributed by atoms with van der Waals surface area (Å²) in [6, 6.07) is 0. The molecule has 0 aromatic rings. The van der Waals surface area contributed by atoms with E-state index in [1.807, 2.05) is 0 Å². The van der Waals surface area contributed by atoms with Crippen molar-refractivity contribution in [3.05, 3.63) is 0 Å². The number of hydrogen-bond donors (Lipinski definition) is 2. The van der Waals surface area contributed by atoms with Gasteiger partial charge in [0, 0.05) is 0 Å². The van der Waals surface area contributed by atoms with Crippen LogP contribution in [0.1, 0.15) is 142 Å². The SMILES string of the molecule is CCCCCCCCCCCC(O)Cl.CCCCCCCCCCCC(O)Cl.[Cl][Zr][Cl]. The predicted molar refractivity (Wildman–Crippen MR) is 139 cm³/mol. The van der Waals surface area contributed by atoms with Crippen LogP contribution >= 0.6 is 40.2 Å². The molecule has 2 N–H and O–H groups in total. The van der Waals surface area contributed by atoms with Gasteiger partial charge in [0.2, 0.25) is 0 Å². The molecule has 2 unspecified atom stereocenters. The number of aliphatic hydroxyl groups excluding tert-OH is 2. The van der Waals surface area contributed by atoms with Gasteiger partial charge in [-0.05, 0) is 25.7 Å². The van der Waals surface area contributed by atoms with Crippen LogP contribution < -0.4 is 0 Å². The molecule has 0 aromatic heterocycles. The first-order valence-electron chi connectivity index (χ1n) is 12.6. The summed E-state index contributed by atoms with van der Waals surface area (Å²) < 4.78 is 0. The van der Waals surface area contributed by atoms with Crippen LogP contribution in [0.2, 0.25) is 0 Å². The third-order valence-electron chi connectivity index (χ3n) is 5.09. The molecule has 31 heavy (non-hydrogen) atoms. The Morgan fingerprint density at radius 1 is 0.484 bits per heavy atom. The summed E-state index contributed by atoms with van der Waals surface area (Å²) in [7, 11) is 9.87. The number of aliphatic hydroxyl groups is 2. The van der Waals surface area contributed by atoms with Crippen molar-refractivity contribution in [2.45, 2.75) is 153 Å². The molecular weight excluding hydrogens is 553 g/mol. The van der Waals surface area contributed by atoms with E-state index in [-0.39, 0.29) is 0 Å². The molecule has 0 rings (SSSR count). The summed E-state index contributed by atoms with van der Waals surface area (Å²) in [5.41, 5.74) is -1.25. The van der Waals surface area contributed by atoms with Crippen molar-refractivity contribution >= 4 is 40.2 Å². The van der Waals surface area contributed by atoms with E-state index >= 15 is 0 Å². The van der Waals surface area contributed by atoms with E-state index in [2.05, 4.69) is 13.8 Å². The number of rotatable bonds is 20. The Labute approximate surface area is 223 Å². The second-order valence-corrected chi connectivity index (χ2v) is 12.9. The van der Waals surface area contributed by atoms with Crippen LogP contribution in [0.15, 0.2) is 0 Å². The molecule has 0 spiro atoms. The second-order valence-electron chi connectivity index (χ2n) is 8.17. The fourth-order valence-electron chi connectivity index (χ4n) is 3.25. The molecule has 2 atom stereocenters. The van der Waals surface area contributed by atoms with Crippen LogP contribution in [0, 0.1) is 0 Å². The Morgan fingerprint density at radius 2 is 0.677 bits per heavy atom. The van der Waals surface area contributed by atoms with E-state index in [9.17, 15) is 0 Å². The summed E-state index contributed by atoms with van der Waals surface area (Å²) in [5, 5.41) is 17.6. The number of unbranched alkanes of at least 4 members (excludes halogenated alkanes) is 16. The summed E-state index contributed by atoms with van der Waals surface area (Å²) >= 11 is 10.0. The van der Waals surface area contributed by atoms with E-state index < -0.39 is 32.0 Å². The zero-order valence-corrected chi connectivity index (χ0v) is 25.7. The van der Waals surface area contributed by atoms with Gasteiger partial charge in [0.25, 0.3) is 0 Å². The Balaban J connectivity index is -0.000000448. The van der Waals surface area contributed by atoms with Crippen molar-refractivity contribution in [1.29, 1.82) is 0 Å². The Bertz CT molecular complexity index is 260. The Kier molecular flexibility index (Phi) is 44.2. The van der Waals surface area contributed by atoms with Gasteiger partial charge < -0.3 is 10.2 Å². The van der Waals surface area contributed by atoms with Gasteiger partial charge in [0.15, 0.2) is 0 Å². The summed E-state index contributed by atoms with van der Waals surface area (Å²) in [5.74, 6) is 0. The zero-order chi connectivity index (χ0) is 24.0. The molecule has 0 amide bonds. The molecule has 0 aromatic carbocycles. The molecule has 0 fully saturated rings. The van der Waals surface area contributed by atoms with Gasteiger partial charge in [-0.25, -0.2) is 0 Å². The number of hydrogen-bond acceptors (Lipinski definition) is 2. The van der Waals surface area contributed by atoms with Gasteiger partial charge in [-0.1, -0.05) is 140 Å². The average Bonchev–Trinajstić information content (AvgIpc) is 2.72. The second kappa shape index (κ2) is 36.5. The van der Waals surface area contributed by atoms with Crippen molar-refractivity contribution in [3.8, 4) is 0 Å². The third-order valence-corrected chi connectivity index (χ3v) is 5.53. The van der Waals surface area contributed by atoms with E-state index in [4.69, 9.17) is 50.4 Å². The standard InChI is InChI=1S/2C12H25ClO.2ClH.Zr/c2*1-2-3-4-5-6-7-8-9-10-11-12(13)14;;;/h2*12,14H,2-11H2,1H3;2*1H;/q;;;;+2/p-2. The first-order chi connectivity index (χ1) is 15.0. The molecule has 7 heteroatoms. The van der Waals surface area contributed by atoms with Crippen LogP contribution in [-0.4, -0.2) is 21.3 Å². The molecule has 0 radical (unpaired) electrons. The van der Waals surface area contributed by atoms with Crippen molar-refractivity contribution in [1.82, 2.24) is 0 Å². The predicted octanol–water partition coefficient (Wildman–Crippen LogP) is 10.3. The third kappa shape index (κ3) is 50.0. The molecule has 0 aliphatic carbocycles. The van der Waals surface area contributed by atoms with Gasteiger partial charge in [-0.2, -0.15) is 0 Å². The normalized spacial score (nSPS) is 12.3. The number of alkyl halides is 2. The first kappa shape index (κ1) is 37.5. The topological polar surface area (TPSA) is 40.5 Å². The van der Waals surface area contributed by atoms with E-state index in [1.54, 1.807) is 0 Å². The maximum absolute atomic E-state index is 8.82. The maximum atomic E-state index is 8.82. The molecule has 0 saturated carbocycles. The summed E-state index contributed by atoms with van der Waals surface area (Å²) in [6.45, 7) is 4.49. The first-order valence-corrected chi connectivity index (χ1v) is 19.8. The van der Waals surface area contributed by atoms with Crippen LogP contribution in [0.3, 0.4) is 0 Å². The van der Waals surface area contributed by atoms with Gasteiger partial charge in [0.05, 0.1) is 0 Å². The van der Waals surface area contributed by atoms with Gasteiger partial charge >= 0.3 is 37.9 Å². The summed E-state index contributed by atoms with van der Waals surface area (Å²) in [4.78, 5) is 0. The van der Waals surface area contributed by atoms with E-state index in [1.165, 1.54) is 103 Å². The fourth-order valence-corrected chi connectivity index (χ4v) is 3.56. The number of halogens is 4. The molecule has 0 saturated heterocycles. The van der Waals surface area contributed by atoms with Crippen molar-refractivity contribution in [2.24, 2.45) is 0 Å². The van der Waals surface area contributed by atoms with Crippen LogP contribution in [0.25, 0.3) is 0 Å². The zero-order valence-electron chi connectivity index (χ0n) is 20.2. The fraction of sp³-hybridized carbons (Fsp3) is 1.00. The molecule has 0 aliphatic heterocycles. The van der Waals surface area contributed by atoms with Gasteiger partial charge in [-0.3, -0.25) is 0 Å². The molecule has 190 valence electrons. The monoisotopic (exact) mass is 600 g/mol. The van der Waals surface area contributed by atoms with Gasteiger partial charge in [0.1, 0.15) is 11.1 Å². The minimum atomic E-state index is -0.826. The van der Waals surface area contributed by atoms with Crippen molar-refractivity contribution < 1.29 is 31.1 Å². The molecule has 0 aliphatic rings. The van der Waals surface area contributed by atoms with E-state index in [0.717, 1.165) is 25.7 Å². The van der Waals surface area contributed by atoms with Crippen molar-refractivity contribution in [3.63, 3.8) is 0 Å². The quantitative estimate of drug-likeness (QED) is 0.107. The molecular formula is C24H50Cl4O2Zr. The molecule has 0 bridgehead atoms. The summed E-state index contributed by atoms with van der Waals surface area (Å²) in [6.07, 6.45) is 25.1. The molecule has 0 heterocycles. The van der Waals surface area contributed by atoms with Crippen LogP contribution in [0.5, 0.6) is 0 Å². The van der Waals surface area contributed by atoms with Crippen molar-refractivity contribution in [2.75, 3.05) is 0 Å². The van der Waals surface area contributed by atoms with Crippen LogP contribution in [-0.2, 0) is 20.8 Å². The minimum absolute atomic E-state index is 0.625. The Hall–Kier alpha value is 1.96. The average molecular weight is 604 g/mol. The van der Waals surface area contributed by atoms with Crippen LogP contribution in [0.4, 0.5) is 0 Å². The van der Waals surface area contributed by atoms with Gasteiger partial charge in [-0.15, -0.1) is 0 Å². The Morgan fingerprint density at radius 3 is 0.871 bits per heavy atom. The molecule has 2 nitrogen and oxygen atoms in total. The van der Waals surface area contributed by atoms with E-state index in [0.29, 0.717) is 0 Å².